The molecule has 0 atom stereocenters. The van der Waals surface area contributed by atoms with Crippen LogP contribution in [0.3, 0.4) is 0 Å². The predicted molar refractivity (Wildman–Crippen MR) is 70.9 cm³/mol. The third kappa shape index (κ3) is 11.7. The molecular weight excluding hydrogens is 168 g/mol. The first kappa shape index (κ1) is 19.3. The SMILES string of the molecule is CC.CC.CC.CC1=C(C)CCCC1. The van der Waals surface area contributed by atoms with Gasteiger partial charge in [-0.2, -0.15) is 0 Å². The molecule has 0 heteroatoms. The van der Waals surface area contributed by atoms with Crippen molar-refractivity contribution in [3.8, 4) is 0 Å². The molecule has 0 unspecified atom stereocenters. The number of allylic oxidation sites excluding steroid dienone is 2. The van der Waals surface area contributed by atoms with Gasteiger partial charge in [-0.1, -0.05) is 52.7 Å². The quantitative estimate of drug-likeness (QED) is 0.422. The summed E-state index contributed by atoms with van der Waals surface area (Å²) < 4.78 is 0. The van der Waals surface area contributed by atoms with Crippen molar-refractivity contribution in [2.24, 2.45) is 0 Å². The van der Waals surface area contributed by atoms with Gasteiger partial charge in [0.15, 0.2) is 0 Å². The summed E-state index contributed by atoms with van der Waals surface area (Å²) in [6, 6.07) is 0. The molecular formula is C14H32. The standard InChI is InChI=1S/C8H14.3C2H6/c1-7-5-3-4-6-8(7)2;3*1-2/h3-6H2,1-2H3;3*1-2H3. The van der Waals surface area contributed by atoms with Crippen molar-refractivity contribution in [3.63, 3.8) is 0 Å². The van der Waals surface area contributed by atoms with E-state index in [9.17, 15) is 0 Å². The molecule has 0 N–H and O–H groups in total. The molecule has 14 heavy (non-hydrogen) atoms. The Balaban J connectivity index is -0.000000174. The first-order valence-electron chi connectivity index (χ1n) is 6.46. The van der Waals surface area contributed by atoms with Crippen molar-refractivity contribution in [2.75, 3.05) is 0 Å². The number of hydrogen-bond acceptors (Lipinski definition) is 0. The van der Waals surface area contributed by atoms with E-state index in [1.165, 1.54) is 25.7 Å². The first-order valence-corrected chi connectivity index (χ1v) is 6.46. The number of hydrogen-bond donors (Lipinski definition) is 0. The molecule has 0 saturated heterocycles. The zero-order valence-electron chi connectivity index (χ0n) is 11.8. The van der Waals surface area contributed by atoms with E-state index in [0.29, 0.717) is 0 Å². The van der Waals surface area contributed by atoms with E-state index in [1.807, 2.05) is 41.5 Å². The molecule has 1 rings (SSSR count). The molecule has 0 amide bonds. The Labute approximate surface area is 92.8 Å². The Morgan fingerprint density at radius 3 is 0.929 bits per heavy atom. The minimum absolute atomic E-state index is 1.35. The van der Waals surface area contributed by atoms with E-state index in [4.69, 9.17) is 0 Å². The van der Waals surface area contributed by atoms with E-state index < -0.39 is 0 Å². The second-order valence-electron chi connectivity index (χ2n) is 2.77. The fourth-order valence-corrected chi connectivity index (χ4v) is 1.21. The molecule has 0 radical (unpaired) electrons. The van der Waals surface area contributed by atoms with E-state index >= 15 is 0 Å². The third-order valence-corrected chi connectivity index (χ3v) is 2.08. The van der Waals surface area contributed by atoms with Gasteiger partial charge in [0.1, 0.15) is 0 Å². The van der Waals surface area contributed by atoms with Crippen LogP contribution in [0.4, 0.5) is 0 Å². The fraction of sp³-hybridized carbons (Fsp3) is 0.857. The number of rotatable bonds is 0. The van der Waals surface area contributed by atoms with Crippen LogP contribution in [0.25, 0.3) is 0 Å². The van der Waals surface area contributed by atoms with E-state index in [0.717, 1.165) is 0 Å². The van der Waals surface area contributed by atoms with Crippen molar-refractivity contribution >= 4 is 0 Å². The highest BCUT2D eigenvalue weighted by molar-refractivity contribution is 5.11. The molecule has 0 aromatic rings. The van der Waals surface area contributed by atoms with Crippen LogP contribution in [-0.4, -0.2) is 0 Å². The van der Waals surface area contributed by atoms with Crippen LogP contribution in [0.2, 0.25) is 0 Å². The van der Waals surface area contributed by atoms with Gasteiger partial charge in [-0.25, -0.2) is 0 Å². The fourth-order valence-electron chi connectivity index (χ4n) is 1.21. The molecule has 0 aromatic heterocycles. The molecule has 0 bridgehead atoms. The van der Waals surface area contributed by atoms with Crippen molar-refractivity contribution in [3.05, 3.63) is 11.1 Å². The van der Waals surface area contributed by atoms with Gasteiger partial charge in [0.2, 0.25) is 0 Å². The average molecular weight is 200 g/mol. The van der Waals surface area contributed by atoms with Gasteiger partial charge in [0.25, 0.3) is 0 Å². The van der Waals surface area contributed by atoms with Crippen LogP contribution in [0.1, 0.15) is 81.1 Å². The van der Waals surface area contributed by atoms with Crippen LogP contribution < -0.4 is 0 Å². The van der Waals surface area contributed by atoms with Crippen molar-refractivity contribution < 1.29 is 0 Å². The third-order valence-electron chi connectivity index (χ3n) is 2.08. The van der Waals surface area contributed by atoms with Gasteiger partial charge in [-0.05, 0) is 39.5 Å². The maximum Gasteiger partial charge on any atom is -0.0320 e. The largest absolute Gasteiger partial charge is 0.0744 e. The lowest BCUT2D eigenvalue weighted by atomic mass is 9.94. The summed E-state index contributed by atoms with van der Waals surface area (Å²) in [4.78, 5) is 0. The van der Waals surface area contributed by atoms with Crippen molar-refractivity contribution in [1.29, 1.82) is 0 Å². The van der Waals surface area contributed by atoms with Gasteiger partial charge in [-0.15, -0.1) is 0 Å². The molecule has 0 fully saturated rings. The summed E-state index contributed by atoms with van der Waals surface area (Å²) >= 11 is 0. The minimum atomic E-state index is 1.35. The normalized spacial score (nSPS) is 13.7. The second-order valence-corrected chi connectivity index (χ2v) is 2.77. The minimum Gasteiger partial charge on any atom is -0.0744 e. The lowest BCUT2D eigenvalue weighted by Gasteiger charge is -2.12. The van der Waals surface area contributed by atoms with Crippen LogP contribution in [0, 0.1) is 0 Å². The van der Waals surface area contributed by atoms with Crippen molar-refractivity contribution in [2.45, 2.75) is 81.1 Å². The Morgan fingerprint density at radius 1 is 0.571 bits per heavy atom. The molecule has 1 aliphatic carbocycles. The Bertz CT molecular complexity index is 95.2. The molecule has 0 aliphatic heterocycles. The zero-order chi connectivity index (χ0) is 12.0. The highest BCUT2D eigenvalue weighted by Gasteiger charge is 2.02. The molecule has 0 spiro atoms. The maximum atomic E-state index is 2.26. The van der Waals surface area contributed by atoms with Gasteiger partial charge in [-0.3, -0.25) is 0 Å². The highest BCUT2D eigenvalue weighted by atomic mass is 14.1. The summed E-state index contributed by atoms with van der Waals surface area (Å²) in [5.41, 5.74) is 3.27. The molecule has 0 saturated carbocycles. The molecule has 0 heterocycles. The molecule has 0 nitrogen and oxygen atoms in total. The summed E-state index contributed by atoms with van der Waals surface area (Å²) in [5.74, 6) is 0. The summed E-state index contributed by atoms with van der Waals surface area (Å²) in [7, 11) is 0. The highest BCUT2D eigenvalue weighted by Crippen LogP contribution is 2.22. The second kappa shape index (κ2) is 18.5. The maximum absolute atomic E-state index is 2.26. The van der Waals surface area contributed by atoms with Crippen LogP contribution in [0.5, 0.6) is 0 Å². The summed E-state index contributed by atoms with van der Waals surface area (Å²) in [6.45, 7) is 16.5. The van der Waals surface area contributed by atoms with E-state index in [-0.39, 0.29) is 0 Å². The lowest BCUT2D eigenvalue weighted by molar-refractivity contribution is 0.672. The summed E-state index contributed by atoms with van der Waals surface area (Å²) in [6.07, 6.45) is 5.55. The Morgan fingerprint density at radius 2 is 0.786 bits per heavy atom. The lowest BCUT2D eigenvalue weighted by Crippen LogP contribution is -1.92. The van der Waals surface area contributed by atoms with Crippen LogP contribution in [0.15, 0.2) is 11.1 Å². The predicted octanol–water partition coefficient (Wildman–Crippen LogP) is 5.98. The monoisotopic (exact) mass is 200 g/mol. The van der Waals surface area contributed by atoms with E-state index in [2.05, 4.69) is 13.8 Å². The smallest absolute Gasteiger partial charge is 0.0320 e. The van der Waals surface area contributed by atoms with E-state index in [1.54, 1.807) is 11.1 Å². The molecule has 88 valence electrons. The van der Waals surface area contributed by atoms with Gasteiger partial charge < -0.3 is 0 Å². The first-order chi connectivity index (χ1) is 6.80. The average Bonchev–Trinajstić information content (AvgIpc) is 2.31. The molecule has 1 aliphatic rings. The Kier molecular flexibility index (Phi) is 25.6. The van der Waals surface area contributed by atoms with Gasteiger partial charge in [0, 0.05) is 0 Å². The van der Waals surface area contributed by atoms with Crippen LogP contribution >= 0.6 is 0 Å². The van der Waals surface area contributed by atoms with Gasteiger partial charge >= 0.3 is 0 Å². The van der Waals surface area contributed by atoms with Crippen LogP contribution in [-0.2, 0) is 0 Å². The zero-order valence-corrected chi connectivity index (χ0v) is 11.8. The topological polar surface area (TPSA) is 0 Å². The Hall–Kier alpha value is -0.260. The summed E-state index contributed by atoms with van der Waals surface area (Å²) in [5, 5.41) is 0. The van der Waals surface area contributed by atoms with Gasteiger partial charge in [0.05, 0.1) is 0 Å². The van der Waals surface area contributed by atoms with Crippen molar-refractivity contribution in [1.82, 2.24) is 0 Å². The molecule has 0 aromatic carbocycles.